The van der Waals surface area contributed by atoms with E-state index in [2.05, 4.69) is 15.6 Å². The van der Waals surface area contributed by atoms with Gasteiger partial charge in [-0.05, 0) is 17.7 Å². The van der Waals surface area contributed by atoms with Crippen molar-refractivity contribution in [1.29, 1.82) is 5.26 Å². The van der Waals surface area contributed by atoms with Gasteiger partial charge in [0.15, 0.2) is 0 Å². The Kier molecular flexibility index (Phi) is 6.54. The Morgan fingerprint density at radius 1 is 1.11 bits per heavy atom. The highest BCUT2D eigenvalue weighted by Crippen LogP contribution is 2.26. The Morgan fingerprint density at radius 3 is 2.71 bits per heavy atom. The Morgan fingerprint density at radius 2 is 1.93 bits per heavy atom. The van der Waals surface area contributed by atoms with Crippen molar-refractivity contribution in [3.8, 4) is 11.8 Å². The van der Waals surface area contributed by atoms with Gasteiger partial charge < -0.3 is 15.4 Å². The van der Waals surface area contributed by atoms with E-state index in [9.17, 15) is 9.59 Å². The maximum atomic E-state index is 12.0. The first-order chi connectivity index (χ1) is 13.6. The summed E-state index contributed by atoms with van der Waals surface area (Å²) >= 11 is 1.43. The highest BCUT2D eigenvalue weighted by Gasteiger charge is 2.11. The van der Waals surface area contributed by atoms with E-state index in [1.54, 1.807) is 6.07 Å². The molecule has 8 heteroatoms. The fourth-order valence-corrected chi connectivity index (χ4v) is 3.39. The minimum Gasteiger partial charge on any atom is -0.489 e. The maximum absolute atomic E-state index is 12.0. The minimum absolute atomic E-state index is 0.0821. The molecule has 0 atom stereocenters. The summed E-state index contributed by atoms with van der Waals surface area (Å²) in [5.74, 6) is 0.0120. The van der Waals surface area contributed by atoms with Crippen molar-refractivity contribution in [2.24, 2.45) is 0 Å². The molecule has 142 valence electrons. The topological polar surface area (TPSA) is 104 Å². The summed E-state index contributed by atoms with van der Waals surface area (Å²) < 4.78 is 6.77. The molecular formula is C20H18N4O3S. The van der Waals surface area contributed by atoms with E-state index in [0.717, 1.165) is 15.8 Å². The van der Waals surface area contributed by atoms with Crippen LogP contribution in [0, 0.1) is 11.3 Å². The summed E-state index contributed by atoms with van der Waals surface area (Å²) in [6, 6.07) is 17.3. The Balaban J connectivity index is 1.55. The third kappa shape index (κ3) is 5.53. The molecule has 0 bridgehead atoms. The molecular weight excluding hydrogens is 376 g/mol. The predicted molar refractivity (Wildman–Crippen MR) is 106 cm³/mol. The van der Waals surface area contributed by atoms with E-state index in [0.29, 0.717) is 17.4 Å². The predicted octanol–water partition coefficient (Wildman–Crippen LogP) is 2.17. The molecule has 1 heterocycles. The van der Waals surface area contributed by atoms with Gasteiger partial charge in [-0.3, -0.25) is 9.59 Å². The van der Waals surface area contributed by atoms with E-state index >= 15 is 0 Å². The highest BCUT2D eigenvalue weighted by molar-refractivity contribution is 7.18. The number of nitrogens with one attached hydrogen (secondary N) is 2. The van der Waals surface area contributed by atoms with Gasteiger partial charge in [0.05, 0.1) is 29.3 Å². The van der Waals surface area contributed by atoms with Crippen molar-refractivity contribution in [3.63, 3.8) is 0 Å². The van der Waals surface area contributed by atoms with Gasteiger partial charge in [0.1, 0.15) is 23.9 Å². The Hall–Kier alpha value is -3.44. The fraction of sp³-hybridized carbons (Fsp3) is 0.200. The normalized spacial score (nSPS) is 10.2. The number of amides is 2. The molecule has 2 aromatic carbocycles. The summed E-state index contributed by atoms with van der Waals surface area (Å²) in [6.45, 7) is 0.226. The number of nitriles is 1. The smallest absolute Gasteiger partial charge is 0.240 e. The largest absolute Gasteiger partial charge is 0.489 e. The molecule has 2 amide bonds. The Labute approximate surface area is 166 Å². The molecule has 0 aliphatic rings. The molecule has 0 aliphatic heterocycles. The van der Waals surface area contributed by atoms with Gasteiger partial charge in [-0.2, -0.15) is 5.26 Å². The van der Waals surface area contributed by atoms with E-state index in [-0.39, 0.29) is 25.4 Å². The van der Waals surface area contributed by atoms with Crippen LogP contribution in [0.25, 0.3) is 10.2 Å². The number of hydrogen-bond donors (Lipinski definition) is 2. The number of carbonyl (C=O) groups excluding carboxylic acids is 2. The molecule has 0 spiro atoms. The minimum atomic E-state index is -0.403. The summed E-state index contributed by atoms with van der Waals surface area (Å²) in [5, 5.41) is 13.9. The van der Waals surface area contributed by atoms with Crippen LogP contribution in [0.2, 0.25) is 0 Å². The van der Waals surface area contributed by atoms with Crippen LogP contribution in [-0.4, -0.2) is 29.9 Å². The van der Waals surface area contributed by atoms with E-state index < -0.39 is 5.91 Å². The second kappa shape index (κ2) is 9.48. The van der Waals surface area contributed by atoms with Crippen molar-refractivity contribution < 1.29 is 14.3 Å². The first-order valence-corrected chi connectivity index (χ1v) is 9.42. The number of aromatic nitrogens is 1. The molecule has 3 aromatic rings. The first kappa shape index (κ1) is 19.3. The van der Waals surface area contributed by atoms with Crippen molar-refractivity contribution in [2.45, 2.75) is 13.0 Å². The SMILES string of the molecule is N#CCNC(=O)CNC(=O)Cc1nc2cc(OCc3ccccc3)ccc2s1. The van der Waals surface area contributed by atoms with Gasteiger partial charge in [-0.25, -0.2) is 4.98 Å². The molecule has 0 aliphatic carbocycles. The van der Waals surface area contributed by atoms with Gasteiger partial charge in [0, 0.05) is 6.07 Å². The van der Waals surface area contributed by atoms with Crippen LogP contribution >= 0.6 is 11.3 Å². The summed E-state index contributed by atoms with van der Waals surface area (Å²) in [6.07, 6.45) is 0.0884. The third-order valence-electron chi connectivity index (χ3n) is 3.77. The average molecular weight is 394 g/mol. The summed E-state index contributed by atoms with van der Waals surface area (Å²) in [4.78, 5) is 27.9. The molecule has 0 unspecified atom stereocenters. The van der Waals surface area contributed by atoms with Crippen molar-refractivity contribution in [3.05, 3.63) is 59.1 Å². The monoisotopic (exact) mass is 394 g/mol. The molecule has 3 rings (SSSR count). The van der Waals surface area contributed by atoms with Crippen LogP contribution in [0.15, 0.2) is 48.5 Å². The van der Waals surface area contributed by atoms with Gasteiger partial charge in [0.25, 0.3) is 0 Å². The third-order valence-corrected chi connectivity index (χ3v) is 4.81. The van der Waals surface area contributed by atoms with Crippen LogP contribution in [-0.2, 0) is 22.6 Å². The van der Waals surface area contributed by atoms with Gasteiger partial charge in [0.2, 0.25) is 11.8 Å². The zero-order valence-corrected chi connectivity index (χ0v) is 15.8. The first-order valence-electron chi connectivity index (χ1n) is 8.60. The number of nitrogens with zero attached hydrogens (tertiary/aromatic N) is 2. The van der Waals surface area contributed by atoms with Crippen molar-refractivity contribution in [2.75, 3.05) is 13.1 Å². The second-order valence-corrected chi connectivity index (χ2v) is 7.01. The highest BCUT2D eigenvalue weighted by atomic mass is 32.1. The molecule has 1 aromatic heterocycles. The van der Waals surface area contributed by atoms with E-state index in [4.69, 9.17) is 10.00 Å². The number of benzene rings is 2. The number of thiazole rings is 1. The van der Waals surface area contributed by atoms with Crippen LogP contribution in [0.3, 0.4) is 0 Å². The summed E-state index contributed by atoms with van der Waals surface area (Å²) in [7, 11) is 0. The number of rotatable bonds is 8. The lowest BCUT2D eigenvalue weighted by molar-refractivity contribution is -0.125. The van der Waals surface area contributed by atoms with Crippen molar-refractivity contribution >= 4 is 33.4 Å². The number of ether oxygens (including phenoxy) is 1. The lowest BCUT2D eigenvalue weighted by atomic mass is 10.2. The molecule has 7 nitrogen and oxygen atoms in total. The van der Waals surface area contributed by atoms with Crippen molar-refractivity contribution in [1.82, 2.24) is 15.6 Å². The van der Waals surface area contributed by atoms with Gasteiger partial charge in [-0.15, -0.1) is 11.3 Å². The molecule has 0 radical (unpaired) electrons. The zero-order valence-electron chi connectivity index (χ0n) is 15.0. The lowest BCUT2D eigenvalue weighted by Gasteiger charge is -2.05. The van der Waals surface area contributed by atoms with Gasteiger partial charge in [-0.1, -0.05) is 30.3 Å². The average Bonchev–Trinajstić information content (AvgIpc) is 3.11. The summed E-state index contributed by atoms with van der Waals surface area (Å²) in [5.41, 5.74) is 1.85. The van der Waals surface area contributed by atoms with E-state index in [1.165, 1.54) is 11.3 Å². The number of carbonyl (C=O) groups is 2. The van der Waals surface area contributed by atoms with Gasteiger partial charge >= 0.3 is 0 Å². The molecule has 0 saturated carbocycles. The second-order valence-electron chi connectivity index (χ2n) is 5.90. The maximum Gasteiger partial charge on any atom is 0.240 e. The van der Waals surface area contributed by atoms with E-state index in [1.807, 2.05) is 48.5 Å². The van der Waals surface area contributed by atoms with Crippen LogP contribution in [0.1, 0.15) is 10.6 Å². The quantitative estimate of drug-likeness (QED) is 0.570. The van der Waals surface area contributed by atoms with Crippen LogP contribution < -0.4 is 15.4 Å². The van der Waals surface area contributed by atoms with Crippen LogP contribution in [0.4, 0.5) is 0 Å². The molecule has 0 fully saturated rings. The molecule has 2 N–H and O–H groups in total. The fourth-order valence-electron chi connectivity index (χ4n) is 2.44. The molecule has 28 heavy (non-hydrogen) atoms. The number of fused-ring (bicyclic) bond motifs is 1. The standard InChI is InChI=1S/C20H18N4O3S/c21-8-9-22-19(26)12-23-18(25)11-20-24-16-10-15(6-7-17(16)28-20)27-13-14-4-2-1-3-5-14/h1-7,10H,9,11-13H2,(H,22,26)(H,23,25). The van der Waals surface area contributed by atoms with Crippen LogP contribution in [0.5, 0.6) is 5.75 Å². The zero-order chi connectivity index (χ0) is 19.8. The molecule has 0 saturated heterocycles. The number of hydrogen-bond acceptors (Lipinski definition) is 6. The Bertz CT molecular complexity index is 1010. The lowest BCUT2D eigenvalue weighted by Crippen LogP contribution is -2.37.